The van der Waals surface area contributed by atoms with Crippen LogP contribution in [-0.4, -0.2) is 48.3 Å². The average molecular weight is 426 g/mol. The number of halogens is 1. The number of carbonyl (C=O) groups excluding carboxylic acids is 2. The largest absolute Gasteiger partial charge is 0.367 e. The predicted octanol–water partition coefficient (Wildman–Crippen LogP) is 2.72. The van der Waals surface area contributed by atoms with Gasteiger partial charge in [-0.15, -0.1) is 0 Å². The number of piperazine rings is 1. The fourth-order valence-electron chi connectivity index (χ4n) is 4.28. The van der Waals surface area contributed by atoms with Gasteiger partial charge in [0.25, 0.3) is 0 Å². The van der Waals surface area contributed by atoms with Gasteiger partial charge in [-0.2, -0.15) is 0 Å². The molecular weight excluding hydrogens is 406 g/mol. The van der Waals surface area contributed by atoms with Crippen molar-refractivity contribution >= 4 is 45.8 Å². The summed E-state index contributed by atoms with van der Waals surface area (Å²) in [4.78, 5) is 28.3. The first-order valence-corrected chi connectivity index (χ1v) is 10.3. The number of nitrogens with zero attached hydrogens (tertiary/aromatic N) is 4. The van der Waals surface area contributed by atoms with Crippen LogP contribution in [0.2, 0.25) is 5.02 Å². The molecule has 8 nitrogen and oxygen atoms in total. The number of imide groups is 1. The van der Waals surface area contributed by atoms with Crippen molar-refractivity contribution in [3.8, 4) is 0 Å². The number of hydrogen-bond acceptors (Lipinski definition) is 7. The summed E-state index contributed by atoms with van der Waals surface area (Å²) in [6.07, 6.45) is 0.815. The molecule has 2 amide bonds. The van der Waals surface area contributed by atoms with Gasteiger partial charge in [0, 0.05) is 32.6 Å². The van der Waals surface area contributed by atoms with Gasteiger partial charge in [0.1, 0.15) is 5.52 Å². The van der Waals surface area contributed by atoms with Crippen molar-refractivity contribution in [3.63, 3.8) is 0 Å². The van der Waals surface area contributed by atoms with Crippen molar-refractivity contribution in [1.29, 1.82) is 0 Å². The highest BCUT2D eigenvalue weighted by atomic mass is 35.5. The maximum Gasteiger partial charge on any atom is 0.234 e. The number of piperidine rings is 1. The zero-order valence-electron chi connectivity index (χ0n) is 16.2. The number of aromatic nitrogens is 2. The van der Waals surface area contributed by atoms with Crippen LogP contribution in [0.3, 0.4) is 0 Å². The Morgan fingerprint density at radius 2 is 1.67 bits per heavy atom. The molecule has 0 saturated carbocycles. The molecule has 3 aromatic rings. The summed E-state index contributed by atoms with van der Waals surface area (Å²) in [6.45, 7) is 3.15. The fraction of sp³-hybridized carbons (Fsp3) is 0.333. The minimum absolute atomic E-state index is 0.225. The van der Waals surface area contributed by atoms with E-state index in [0.717, 1.165) is 54.2 Å². The Morgan fingerprint density at radius 1 is 0.967 bits per heavy atom. The lowest BCUT2D eigenvalue weighted by Gasteiger charge is -2.38. The number of amides is 2. The number of hydrogen-bond donors (Lipinski definition) is 1. The standard InChI is InChI=1S/C21H20ClN5O3/c22-19-13(14-7-8-18(28)23-21(14)29)3-1-5-16(19)26-9-11-27(12-10-26)17-6-2-4-15-20(17)25-30-24-15/h1-6,14H,7-12H2,(H,23,28,29). The third-order valence-corrected chi connectivity index (χ3v) is 6.26. The predicted molar refractivity (Wildman–Crippen MR) is 113 cm³/mol. The summed E-state index contributed by atoms with van der Waals surface area (Å²) in [6, 6.07) is 11.6. The van der Waals surface area contributed by atoms with Crippen LogP contribution >= 0.6 is 11.6 Å². The topological polar surface area (TPSA) is 91.6 Å². The van der Waals surface area contributed by atoms with E-state index in [1.807, 2.05) is 36.4 Å². The Labute approximate surface area is 177 Å². The minimum atomic E-state index is -0.395. The van der Waals surface area contributed by atoms with Crippen LogP contribution in [0.4, 0.5) is 11.4 Å². The second-order valence-electron chi connectivity index (χ2n) is 7.57. The monoisotopic (exact) mass is 425 g/mol. The van der Waals surface area contributed by atoms with Crippen molar-refractivity contribution in [3.05, 3.63) is 47.0 Å². The number of anilines is 2. The van der Waals surface area contributed by atoms with Crippen molar-refractivity contribution in [2.75, 3.05) is 36.0 Å². The molecule has 30 heavy (non-hydrogen) atoms. The van der Waals surface area contributed by atoms with Gasteiger partial charge in [-0.1, -0.05) is 29.8 Å². The minimum Gasteiger partial charge on any atom is -0.367 e. The normalized spacial score (nSPS) is 20.0. The first kappa shape index (κ1) is 18.9. The SMILES string of the molecule is O=C1CCC(c2cccc(N3CCN(c4cccc5nonc45)CC3)c2Cl)C(=O)N1. The molecule has 0 aliphatic carbocycles. The molecule has 0 spiro atoms. The Kier molecular flexibility index (Phi) is 4.78. The van der Waals surface area contributed by atoms with Crippen LogP contribution in [0.15, 0.2) is 41.0 Å². The van der Waals surface area contributed by atoms with Gasteiger partial charge in [-0.25, -0.2) is 4.63 Å². The molecule has 0 radical (unpaired) electrons. The maximum absolute atomic E-state index is 12.3. The summed E-state index contributed by atoms with van der Waals surface area (Å²) < 4.78 is 4.88. The van der Waals surface area contributed by atoms with Gasteiger partial charge in [0.05, 0.1) is 22.3 Å². The third-order valence-electron chi connectivity index (χ3n) is 5.85. The lowest BCUT2D eigenvalue weighted by molar-refractivity contribution is -0.134. The lowest BCUT2D eigenvalue weighted by Crippen LogP contribution is -2.46. The van der Waals surface area contributed by atoms with Crippen LogP contribution in [0.1, 0.15) is 24.3 Å². The van der Waals surface area contributed by atoms with E-state index in [1.54, 1.807) is 0 Å². The van der Waals surface area contributed by atoms with E-state index in [-0.39, 0.29) is 11.8 Å². The van der Waals surface area contributed by atoms with E-state index >= 15 is 0 Å². The third kappa shape index (κ3) is 3.27. The maximum atomic E-state index is 12.3. The molecule has 2 aliphatic rings. The number of nitrogens with one attached hydrogen (secondary N) is 1. The molecule has 154 valence electrons. The number of carbonyl (C=O) groups is 2. The van der Waals surface area contributed by atoms with Gasteiger partial charge in [0.2, 0.25) is 11.8 Å². The van der Waals surface area contributed by atoms with Crippen LogP contribution in [-0.2, 0) is 9.59 Å². The second kappa shape index (κ2) is 7.60. The molecule has 1 N–H and O–H groups in total. The van der Waals surface area contributed by atoms with Crippen molar-refractivity contribution in [1.82, 2.24) is 15.6 Å². The van der Waals surface area contributed by atoms with Crippen molar-refractivity contribution in [2.45, 2.75) is 18.8 Å². The molecule has 1 atom stereocenters. The smallest absolute Gasteiger partial charge is 0.234 e. The highest BCUT2D eigenvalue weighted by Crippen LogP contribution is 2.37. The molecule has 3 heterocycles. The first-order valence-electron chi connectivity index (χ1n) is 9.95. The molecule has 2 aromatic carbocycles. The van der Waals surface area contributed by atoms with E-state index in [1.165, 1.54) is 0 Å². The van der Waals surface area contributed by atoms with Crippen molar-refractivity contribution in [2.24, 2.45) is 0 Å². The number of fused-ring (bicyclic) bond motifs is 1. The summed E-state index contributed by atoms with van der Waals surface area (Å²) in [5.41, 5.74) is 4.22. The molecular formula is C21H20ClN5O3. The van der Waals surface area contributed by atoms with Gasteiger partial charge >= 0.3 is 0 Å². The van der Waals surface area contributed by atoms with Crippen molar-refractivity contribution < 1.29 is 14.2 Å². The molecule has 1 aromatic heterocycles. The molecule has 2 fully saturated rings. The van der Waals surface area contributed by atoms with Crippen LogP contribution in [0.25, 0.3) is 11.0 Å². The fourth-order valence-corrected chi connectivity index (χ4v) is 4.65. The van der Waals surface area contributed by atoms with Crippen LogP contribution in [0, 0.1) is 0 Å². The molecule has 2 saturated heterocycles. The molecule has 5 rings (SSSR count). The zero-order valence-corrected chi connectivity index (χ0v) is 16.9. The number of benzene rings is 2. The van der Waals surface area contributed by atoms with E-state index < -0.39 is 5.92 Å². The summed E-state index contributed by atoms with van der Waals surface area (Å²) >= 11 is 6.74. The van der Waals surface area contributed by atoms with E-state index in [4.69, 9.17) is 16.2 Å². The Hall–Kier alpha value is -3.13. The van der Waals surface area contributed by atoms with Gasteiger partial charge in [-0.05, 0) is 40.5 Å². The van der Waals surface area contributed by atoms with Gasteiger partial charge in [0.15, 0.2) is 5.52 Å². The van der Waals surface area contributed by atoms with Crippen LogP contribution < -0.4 is 15.1 Å². The average Bonchev–Trinajstić information content (AvgIpc) is 3.24. The first-order chi connectivity index (χ1) is 14.6. The van der Waals surface area contributed by atoms with Gasteiger partial charge < -0.3 is 9.80 Å². The number of rotatable bonds is 3. The Morgan fingerprint density at radius 3 is 2.43 bits per heavy atom. The molecule has 1 unspecified atom stereocenters. The second-order valence-corrected chi connectivity index (χ2v) is 7.95. The highest BCUT2D eigenvalue weighted by Gasteiger charge is 2.31. The lowest BCUT2D eigenvalue weighted by atomic mass is 9.90. The molecule has 0 bridgehead atoms. The van der Waals surface area contributed by atoms with Gasteiger partial charge in [-0.3, -0.25) is 14.9 Å². The Bertz CT molecular complexity index is 1120. The Balaban J connectivity index is 1.35. The quantitative estimate of drug-likeness (QED) is 0.645. The summed E-state index contributed by atoms with van der Waals surface area (Å²) in [5.74, 6) is -0.893. The van der Waals surface area contributed by atoms with E-state index in [2.05, 4.69) is 25.4 Å². The summed E-state index contributed by atoms with van der Waals surface area (Å²) in [7, 11) is 0. The summed E-state index contributed by atoms with van der Waals surface area (Å²) in [5, 5.41) is 11.0. The molecule has 2 aliphatic heterocycles. The van der Waals surface area contributed by atoms with E-state index in [9.17, 15) is 9.59 Å². The van der Waals surface area contributed by atoms with Crippen LogP contribution in [0.5, 0.6) is 0 Å². The zero-order chi connectivity index (χ0) is 20.7. The highest BCUT2D eigenvalue weighted by molar-refractivity contribution is 6.34. The van der Waals surface area contributed by atoms with E-state index in [0.29, 0.717) is 17.9 Å². The molecule has 9 heteroatoms.